The van der Waals surface area contributed by atoms with Gasteiger partial charge in [0, 0.05) is 10.7 Å². The molecular weight excluding hydrogens is 300 g/mol. The topological polar surface area (TPSA) is 42.2 Å². The highest BCUT2D eigenvalue weighted by Crippen LogP contribution is 2.24. The first-order valence-electron chi connectivity index (χ1n) is 3.70. The molecule has 0 N–H and O–H groups in total. The smallest absolute Gasteiger partial charge is 0.188 e. The number of methoxy groups -OCH3 is 1. The quantitative estimate of drug-likeness (QED) is 0.635. The highest BCUT2D eigenvalue weighted by atomic mass is 127. The largest absolute Gasteiger partial charge is 0.464 e. The lowest BCUT2D eigenvalue weighted by Gasteiger charge is -2.07. The molecule has 3 nitrogen and oxygen atoms in total. The van der Waals surface area contributed by atoms with Gasteiger partial charge in [0.2, 0.25) is 0 Å². The summed E-state index contributed by atoms with van der Waals surface area (Å²) in [5, 5.41) is 8.67. The summed E-state index contributed by atoms with van der Waals surface area (Å²) in [7, 11) is 1.44. The number of hydrogen-bond donors (Lipinski definition) is 0. The fourth-order valence-electron chi connectivity index (χ4n) is 0.870. The van der Waals surface area contributed by atoms with Crippen LogP contribution >= 0.6 is 22.6 Å². The van der Waals surface area contributed by atoms with Crippen molar-refractivity contribution in [1.29, 1.82) is 5.26 Å². The molecular formula is C9H7FINO2. The average Bonchev–Trinajstić information content (AvgIpc) is 2.18. The van der Waals surface area contributed by atoms with E-state index in [0.717, 1.165) is 0 Å². The SMILES string of the molecule is COCOc1ccc(I)c(C#N)c1F. The van der Waals surface area contributed by atoms with E-state index < -0.39 is 5.82 Å². The van der Waals surface area contributed by atoms with E-state index in [1.54, 1.807) is 12.1 Å². The zero-order chi connectivity index (χ0) is 10.6. The van der Waals surface area contributed by atoms with E-state index in [1.807, 2.05) is 22.6 Å². The second-order valence-corrected chi connectivity index (χ2v) is 3.56. The van der Waals surface area contributed by atoms with Gasteiger partial charge in [-0.3, -0.25) is 0 Å². The Balaban J connectivity index is 3.04. The summed E-state index contributed by atoms with van der Waals surface area (Å²) in [5.41, 5.74) is -0.000738. The van der Waals surface area contributed by atoms with Crippen LogP contribution in [0.2, 0.25) is 0 Å². The number of nitriles is 1. The number of hydrogen-bond acceptors (Lipinski definition) is 3. The van der Waals surface area contributed by atoms with Crippen LogP contribution in [0.1, 0.15) is 5.56 Å². The molecule has 0 aliphatic carbocycles. The minimum atomic E-state index is -0.642. The molecule has 0 saturated carbocycles. The van der Waals surface area contributed by atoms with Crippen molar-refractivity contribution < 1.29 is 13.9 Å². The van der Waals surface area contributed by atoms with E-state index in [4.69, 9.17) is 10.00 Å². The Bertz CT molecular complexity index is 376. The number of nitrogens with zero attached hydrogens (tertiary/aromatic N) is 1. The molecule has 1 aromatic rings. The van der Waals surface area contributed by atoms with Crippen LogP contribution < -0.4 is 4.74 Å². The van der Waals surface area contributed by atoms with Gasteiger partial charge in [-0.15, -0.1) is 0 Å². The van der Waals surface area contributed by atoms with Crippen molar-refractivity contribution in [2.24, 2.45) is 0 Å². The molecule has 0 aliphatic heterocycles. The summed E-state index contributed by atoms with van der Waals surface area (Å²) < 4.78 is 23.6. The van der Waals surface area contributed by atoms with Gasteiger partial charge in [-0.05, 0) is 34.7 Å². The van der Waals surface area contributed by atoms with Crippen molar-refractivity contribution >= 4 is 22.6 Å². The standard InChI is InChI=1S/C9H7FINO2/c1-13-5-14-8-3-2-7(11)6(4-12)9(8)10/h2-3H,5H2,1H3. The van der Waals surface area contributed by atoms with Crippen LogP contribution in [0.4, 0.5) is 4.39 Å². The molecule has 74 valence electrons. The van der Waals surface area contributed by atoms with Crippen molar-refractivity contribution in [2.45, 2.75) is 0 Å². The first-order valence-corrected chi connectivity index (χ1v) is 4.78. The van der Waals surface area contributed by atoms with Crippen LogP contribution in [0.3, 0.4) is 0 Å². The maximum Gasteiger partial charge on any atom is 0.188 e. The summed E-state index contributed by atoms with van der Waals surface area (Å²) in [6.07, 6.45) is 0. The van der Waals surface area contributed by atoms with Gasteiger partial charge in [0.1, 0.15) is 11.6 Å². The molecule has 0 aliphatic rings. The maximum atomic E-state index is 13.4. The summed E-state index contributed by atoms with van der Waals surface area (Å²) in [4.78, 5) is 0. The molecule has 1 rings (SSSR count). The molecule has 0 unspecified atom stereocenters. The Kier molecular flexibility index (Phi) is 4.10. The second-order valence-electron chi connectivity index (χ2n) is 2.40. The third kappa shape index (κ3) is 2.33. The summed E-state index contributed by atoms with van der Waals surface area (Å²) >= 11 is 1.89. The summed E-state index contributed by atoms with van der Waals surface area (Å²) in [5.74, 6) is -0.611. The van der Waals surface area contributed by atoms with Crippen LogP contribution in [0.25, 0.3) is 0 Å². The minimum Gasteiger partial charge on any atom is -0.464 e. The van der Waals surface area contributed by atoms with Gasteiger partial charge in [0.25, 0.3) is 0 Å². The lowest BCUT2D eigenvalue weighted by Crippen LogP contribution is -2.02. The van der Waals surface area contributed by atoms with Crippen LogP contribution in [0.5, 0.6) is 5.75 Å². The lowest BCUT2D eigenvalue weighted by molar-refractivity contribution is 0.0482. The van der Waals surface area contributed by atoms with Crippen LogP contribution in [0.15, 0.2) is 12.1 Å². The fourth-order valence-corrected chi connectivity index (χ4v) is 1.41. The molecule has 0 heterocycles. The molecule has 5 heteroatoms. The van der Waals surface area contributed by atoms with E-state index >= 15 is 0 Å². The zero-order valence-corrected chi connectivity index (χ0v) is 9.54. The van der Waals surface area contributed by atoms with Gasteiger partial charge in [-0.2, -0.15) is 5.26 Å². The van der Waals surface area contributed by atoms with Crippen molar-refractivity contribution in [3.05, 3.63) is 27.1 Å². The van der Waals surface area contributed by atoms with Crippen molar-refractivity contribution in [2.75, 3.05) is 13.9 Å². The van der Waals surface area contributed by atoms with Crippen molar-refractivity contribution in [3.8, 4) is 11.8 Å². The molecule has 0 atom stereocenters. The van der Waals surface area contributed by atoms with Crippen LogP contribution in [0, 0.1) is 20.7 Å². The molecule has 0 aromatic heterocycles. The van der Waals surface area contributed by atoms with E-state index in [0.29, 0.717) is 3.57 Å². The Morgan fingerprint density at radius 2 is 2.29 bits per heavy atom. The van der Waals surface area contributed by atoms with Gasteiger partial charge in [-0.1, -0.05) is 0 Å². The summed E-state index contributed by atoms with van der Waals surface area (Å²) in [6.45, 7) is -0.0393. The lowest BCUT2D eigenvalue weighted by atomic mass is 10.2. The number of rotatable bonds is 3. The zero-order valence-electron chi connectivity index (χ0n) is 7.38. The van der Waals surface area contributed by atoms with Gasteiger partial charge >= 0.3 is 0 Å². The van der Waals surface area contributed by atoms with Gasteiger partial charge in [0.15, 0.2) is 18.4 Å². The highest BCUT2D eigenvalue weighted by molar-refractivity contribution is 14.1. The van der Waals surface area contributed by atoms with Crippen molar-refractivity contribution in [1.82, 2.24) is 0 Å². The monoisotopic (exact) mass is 307 g/mol. The van der Waals surface area contributed by atoms with Crippen LogP contribution in [-0.4, -0.2) is 13.9 Å². The van der Waals surface area contributed by atoms with E-state index in [2.05, 4.69) is 4.74 Å². The van der Waals surface area contributed by atoms with Crippen molar-refractivity contribution in [3.63, 3.8) is 0 Å². The molecule has 0 spiro atoms. The number of halogens is 2. The second kappa shape index (κ2) is 5.12. The first kappa shape index (κ1) is 11.2. The highest BCUT2D eigenvalue weighted by Gasteiger charge is 2.12. The molecule has 14 heavy (non-hydrogen) atoms. The number of ether oxygens (including phenoxy) is 2. The Morgan fingerprint density at radius 3 is 2.86 bits per heavy atom. The van der Waals surface area contributed by atoms with Gasteiger partial charge < -0.3 is 9.47 Å². The number of benzene rings is 1. The third-order valence-electron chi connectivity index (χ3n) is 1.50. The van der Waals surface area contributed by atoms with Gasteiger partial charge in [-0.25, -0.2) is 4.39 Å². The predicted octanol–water partition coefficient (Wildman–Crippen LogP) is 2.28. The van der Waals surface area contributed by atoms with Gasteiger partial charge in [0.05, 0.1) is 0 Å². The Hall–Kier alpha value is -0.870. The van der Waals surface area contributed by atoms with E-state index in [1.165, 1.54) is 13.2 Å². The molecule has 0 bridgehead atoms. The Labute approximate surface area is 94.6 Å². The molecule has 1 aromatic carbocycles. The molecule has 0 saturated heterocycles. The Morgan fingerprint density at radius 1 is 1.57 bits per heavy atom. The maximum absolute atomic E-state index is 13.4. The molecule has 0 amide bonds. The molecule has 0 radical (unpaired) electrons. The normalized spacial score (nSPS) is 9.57. The van der Waals surface area contributed by atoms with E-state index in [-0.39, 0.29) is 18.1 Å². The third-order valence-corrected chi connectivity index (χ3v) is 2.40. The molecule has 0 fully saturated rings. The van der Waals surface area contributed by atoms with E-state index in [9.17, 15) is 4.39 Å². The first-order chi connectivity index (χ1) is 6.70. The fraction of sp³-hybridized carbons (Fsp3) is 0.222. The van der Waals surface area contributed by atoms with Crippen LogP contribution in [-0.2, 0) is 4.74 Å². The average molecular weight is 307 g/mol. The summed E-state index contributed by atoms with van der Waals surface area (Å²) in [6, 6.07) is 4.86. The predicted molar refractivity (Wildman–Crippen MR) is 56.3 cm³/mol. The minimum absolute atomic E-state index is 0.000738.